The highest BCUT2D eigenvalue weighted by Gasteiger charge is 2.30. The standard InChI is InChI=1S/C19H25NO2/c1-19(22-14-13-20(2)3,16-9-6-5-7-10-16)17-11-8-12-18(15-17)21-4/h5-12,15H,13-14H2,1-4H3. The highest BCUT2D eigenvalue weighted by Crippen LogP contribution is 2.34. The smallest absolute Gasteiger partial charge is 0.119 e. The van der Waals surface area contributed by atoms with Gasteiger partial charge in [0.2, 0.25) is 0 Å². The molecule has 0 aliphatic heterocycles. The molecule has 0 amide bonds. The molecule has 0 aliphatic rings. The summed E-state index contributed by atoms with van der Waals surface area (Å²) in [6, 6.07) is 18.4. The Labute approximate surface area is 133 Å². The van der Waals surface area contributed by atoms with Crippen LogP contribution in [0.1, 0.15) is 18.1 Å². The first-order valence-electron chi connectivity index (χ1n) is 7.55. The van der Waals surface area contributed by atoms with E-state index in [0.717, 1.165) is 23.4 Å². The lowest BCUT2D eigenvalue weighted by Crippen LogP contribution is -2.31. The third-order valence-electron chi connectivity index (χ3n) is 3.87. The molecule has 1 atom stereocenters. The van der Waals surface area contributed by atoms with Gasteiger partial charge in [0.1, 0.15) is 11.4 Å². The number of benzene rings is 2. The fraction of sp³-hybridized carbons (Fsp3) is 0.368. The number of likely N-dealkylation sites (N-methyl/N-ethyl adjacent to an activating group) is 1. The van der Waals surface area contributed by atoms with Crippen LogP contribution in [0.25, 0.3) is 0 Å². The molecule has 1 unspecified atom stereocenters. The second-order valence-corrected chi connectivity index (χ2v) is 5.78. The van der Waals surface area contributed by atoms with Crippen molar-refractivity contribution in [2.75, 3.05) is 34.4 Å². The summed E-state index contributed by atoms with van der Waals surface area (Å²) >= 11 is 0. The minimum Gasteiger partial charge on any atom is -0.497 e. The first-order chi connectivity index (χ1) is 10.6. The molecule has 0 aliphatic carbocycles. The highest BCUT2D eigenvalue weighted by molar-refractivity contribution is 5.39. The van der Waals surface area contributed by atoms with Gasteiger partial charge in [0, 0.05) is 6.54 Å². The van der Waals surface area contributed by atoms with Gasteiger partial charge in [-0.25, -0.2) is 0 Å². The number of hydrogen-bond donors (Lipinski definition) is 0. The lowest BCUT2D eigenvalue weighted by molar-refractivity contribution is -0.0102. The van der Waals surface area contributed by atoms with Gasteiger partial charge in [-0.15, -0.1) is 0 Å². The predicted molar refractivity (Wildman–Crippen MR) is 90.4 cm³/mol. The number of hydrogen-bond acceptors (Lipinski definition) is 3. The van der Waals surface area contributed by atoms with E-state index in [1.165, 1.54) is 0 Å². The van der Waals surface area contributed by atoms with Crippen LogP contribution in [0.2, 0.25) is 0 Å². The molecule has 0 radical (unpaired) electrons. The van der Waals surface area contributed by atoms with Crippen molar-refractivity contribution >= 4 is 0 Å². The van der Waals surface area contributed by atoms with Gasteiger partial charge < -0.3 is 14.4 Å². The fourth-order valence-electron chi connectivity index (χ4n) is 2.44. The summed E-state index contributed by atoms with van der Waals surface area (Å²) in [5.41, 5.74) is 1.74. The van der Waals surface area contributed by atoms with Crippen LogP contribution in [0.3, 0.4) is 0 Å². The maximum absolute atomic E-state index is 6.31. The molecule has 0 spiro atoms. The predicted octanol–water partition coefficient (Wildman–Crippen LogP) is 3.54. The van der Waals surface area contributed by atoms with E-state index in [-0.39, 0.29) is 0 Å². The van der Waals surface area contributed by atoms with E-state index >= 15 is 0 Å². The summed E-state index contributed by atoms with van der Waals surface area (Å²) in [6.45, 7) is 3.66. The zero-order valence-corrected chi connectivity index (χ0v) is 13.9. The third-order valence-corrected chi connectivity index (χ3v) is 3.87. The minimum atomic E-state index is -0.494. The zero-order valence-electron chi connectivity index (χ0n) is 13.9. The van der Waals surface area contributed by atoms with E-state index in [1.54, 1.807) is 7.11 Å². The largest absolute Gasteiger partial charge is 0.497 e. The average molecular weight is 299 g/mol. The first kappa shape index (κ1) is 16.5. The summed E-state index contributed by atoms with van der Waals surface area (Å²) in [4.78, 5) is 2.12. The van der Waals surface area contributed by atoms with E-state index in [9.17, 15) is 0 Å². The van der Waals surface area contributed by atoms with Crippen molar-refractivity contribution in [3.63, 3.8) is 0 Å². The van der Waals surface area contributed by atoms with Gasteiger partial charge in [-0.3, -0.25) is 0 Å². The van der Waals surface area contributed by atoms with E-state index < -0.39 is 5.60 Å². The molecule has 0 fully saturated rings. The van der Waals surface area contributed by atoms with Crippen LogP contribution in [0.4, 0.5) is 0 Å². The monoisotopic (exact) mass is 299 g/mol. The molecule has 0 N–H and O–H groups in total. The lowest BCUT2D eigenvalue weighted by atomic mass is 9.88. The van der Waals surface area contributed by atoms with Crippen LogP contribution >= 0.6 is 0 Å². The fourth-order valence-corrected chi connectivity index (χ4v) is 2.44. The van der Waals surface area contributed by atoms with E-state index in [4.69, 9.17) is 9.47 Å². The van der Waals surface area contributed by atoms with Gasteiger partial charge in [-0.05, 0) is 44.3 Å². The number of nitrogens with zero attached hydrogens (tertiary/aromatic N) is 1. The van der Waals surface area contributed by atoms with Crippen molar-refractivity contribution < 1.29 is 9.47 Å². The van der Waals surface area contributed by atoms with Gasteiger partial charge in [-0.1, -0.05) is 42.5 Å². The minimum absolute atomic E-state index is 0.494. The summed E-state index contributed by atoms with van der Waals surface area (Å²) in [6.07, 6.45) is 0. The molecule has 0 saturated carbocycles. The molecule has 22 heavy (non-hydrogen) atoms. The SMILES string of the molecule is COc1cccc(C(C)(OCCN(C)C)c2ccccc2)c1. The van der Waals surface area contributed by atoms with E-state index in [1.807, 2.05) is 36.4 Å². The highest BCUT2D eigenvalue weighted by atomic mass is 16.5. The quantitative estimate of drug-likeness (QED) is 0.780. The van der Waals surface area contributed by atoms with Crippen molar-refractivity contribution in [1.82, 2.24) is 4.90 Å². The second-order valence-electron chi connectivity index (χ2n) is 5.78. The summed E-state index contributed by atoms with van der Waals surface area (Å²) in [5.74, 6) is 0.843. The molecular formula is C19H25NO2. The Hall–Kier alpha value is -1.84. The molecule has 3 heteroatoms. The van der Waals surface area contributed by atoms with Gasteiger partial charge in [0.05, 0.1) is 13.7 Å². The molecule has 0 saturated heterocycles. The maximum Gasteiger partial charge on any atom is 0.119 e. The molecule has 0 heterocycles. The molecule has 0 bridgehead atoms. The topological polar surface area (TPSA) is 21.7 Å². The Morgan fingerprint density at radius 1 is 0.955 bits per heavy atom. The van der Waals surface area contributed by atoms with Gasteiger partial charge in [0.25, 0.3) is 0 Å². The lowest BCUT2D eigenvalue weighted by Gasteiger charge is -2.32. The summed E-state index contributed by atoms with van der Waals surface area (Å²) in [5, 5.41) is 0. The normalized spacial score (nSPS) is 13.9. The zero-order chi connectivity index (χ0) is 16.0. The Morgan fingerprint density at radius 2 is 1.64 bits per heavy atom. The average Bonchev–Trinajstić information content (AvgIpc) is 2.55. The van der Waals surface area contributed by atoms with Crippen molar-refractivity contribution in [2.24, 2.45) is 0 Å². The number of ether oxygens (including phenoxy) is 2. The van der Waals surface area contributed by atoms with Gasteiger partial charge >= 0.3 is 0 Å². The summed E-state index contributed by atoms with van der Waals surface area (Å²) < 4.78 is 11.7. The maximum atomic E-state index is 6.31. The van der Waals surface area contributed by atoms with Gasteiger partial charge in [0.15, 0.2) is 0 Å². The van der Waals surface area contributed by atoms with Crippen LogP contribution in [0, 0.1) is 0 Å². The van der Waals surface area contributed by atoms with E-state index in [2.05, 4.69) is 44.1 Å². The first-order valence-corrected chi connectivity index (χ1v) is 7.55. The third kappa shape index (κ3) is 3.87. The Bertz CT molecular complexity index is 583. The molecule has 2 aromatic rings. The number of methoxy groups -OCH3 is 1. The van der Waals surface area contributed by atoms with Crippen molar-refractivity contribution in [3.8, 4) is 5.75 Å². The van der Waals surface area contributed by atoms with Crippen LogP contribution in [0.5, 0.6) is 5.75 Å². The Balaban J connectivity index is 2.36. The molecule has 0 aromatic heterocycles. The van der Waals surface area contributed by atoms with E-state index in [0.29, 0.717) is 6.61 Å². The van der Waals surface area contributed by atoms with Crippen molar-refractivity contribution in [2.45, 2.75) is 12.5 Å². The Morgan fingerprint density at radius 3 is 2.27 bits per heavy atom. The van der Waals surface area contributed by atoms with Gasteiger partial charge in [-0.2, -0.15) is 0 Å². The molecule has 3 nitrogen and oxygen atoms in total. The molecule has 2 aromatic carbocycles. The van der Waals surface area contributed by atoms with Crippen molar-refractivity contribution in [1.29, 1.82) is 0 Å². The van der Waals surface area contributed by atoms with Crippen molar-refractivity contribution in [3.05, 3.63) is 65.7 Å². The Kier molecular flexibility index (Phi) is 5.58. The van der Waals surface area contributed by atoms with Crippen LogP contribution < -0.4 is 4.74 Å². The second kappa shape index (κ2) is 7.43. The molecule has 118 valence electrons. The number of rotatable bonds is 7. The molecular weight excluding hydrogens is 274 g/mol. The van der Waals surface area contributed by atoms with Crippen LogP contribution in [0.15, 0.2) is 54.6 Å². The summed E-state index contributed by atoms with van der Waals surface area (Å²) in [7, 11) is 5.79. The van der Waals surface area contributed by atoms with Crippen LogP contribution in [-0.4, -0.2) is 39.3 Å². The van der Waals surface area contributed by atoms with Crippen LogP contribution in [-0.2, 0) is 10.3 Å². The molecule has 2 rings (SSSR count).